The van der Waals surface area contributed by atoms with E-state index < -0.39 is 21.7 Å². The Kier molecular flexibility index (Phi) is 4.03. The summed E-state index contributed by atoms with van der Waals surface area (Å²) >= 11 is 0. The van der Waals surface area contributed by atoms with Gasteiger partial charge in [0.15, 0.2) is 0 Å². The van der Waals surface area contributed by atoms with Gasteiger partial charge in [-0.1, -0.05) is 0 Å². The van der Waals surface area contributed by atoms with Crippen LogP contribution in [0.15, 0.2) is 6.07 Å². The van der Waals surface area contributed by atoms with E-state index in [2.05, 4.69) is 9.97 Å². The van der Waals surface area contributed by atoms with Gasteiger partial charge in [-0.25, -0.2) is 23.2 Å². The molecule has 1 amide bonds. The van der Waals surface area contributed by atoms with Gasteiger partial charge in [0.2, 0.25) is 10.0 Å². The van der Waals surface area contributed by atoms with Gasteiger partial charge >= 0.3 is 6.09 Å². The Morgan fingerprint density at radius 2 is 2.04 bits per heavy atom. The molecule has 2 fully saturated rings. The zero-order valence-corrected chi connectivity index (χ0v) is 15.1. The van der Waals surface area contributed by atoms with Crippen molar-refractivity contribution in [2.24, 2.45) is 0 Å². The number of hydrogen-bond donors (Lipinski definition) is 0. The van der Waals surface area contributed by atoms with Gasteiger partial charge in [-0.3, -0.25) is 4.90 Å². The number of anilines is 1. The fraction of sp³-hybridized carbons (Fsp3) is 0.667. The molecule has 3 rings (SSSR count). The maximum atomic E-state index is 12.1. The Hall–Kier alpha value is -1.74. The van der Waals surface area contributed by atoms with Crippen molar-refractivity contribution in [1.29, 1.82) is 0 Å². The quantitative estimate of drug-likeness (QED) is 0.819. The minimum Gasteiger partial charge on any atom is -0.447 e. The molecule has 24 heavy (non-hydrogen) atoms. The molecule has 3 heterocycles. The smallest absolute Gasteiger partial charge is 0.416 e. The van der Waals surface area contributed by atoms with Crippen LogP contribution in [-0.2, 0) is 14.8 Å². The summed E-state index contributed by atoms with van der Waals surface area (Å²) in [6.45, 7) is 6.35. The molecule has 0 aromatic carbocycles. The first-order valence-electron chi connectivity index (χ1n) is 7.89. The monoisotopic (exact) mass is 354 g/mol. The molecule has 0 bridgehead atoms. The topological polar surface area (TPSA) is 92.7 Å². The van der Waals surface area contributed by atoms with Crippen LogP contribution in [0.1, 0.15) is 44.2 Å². The Bertz CT molecular complexity index is 778. The molecule has 0 radical (unpaired) electrons. The normalized spacial score (nSPS) is 24.4. The van der Waals surface area contributed by atoms with E-state index in [1.165, 1.54) is 15.5 Å². The van der Waals surface area contributed by atoms with Crippen molar-refractivity contribution in [1.82, 2.24) is 14.3 Å². The summed E-state index contributed by atoms with van der Waals surface area (Å²) in [5.74, 6) is 0.883. The van der Waals surface area contributed by atoms with Crippen LogP contribution in [0.5, 0.6) is 0 Å². The number of amides is 1. The second-order valence-corrected chi connectivity index (χ2v) is 8.89. The molecule has 0 spiro atoms. The van der Waals surface area contributed by atoms with Crippen molar-refractivity contribution in [2.45, 2.75) is 45.2 Å². The van der Waals surface area contributed by atoms with Gasteiger partial charge in [-0.15, -0.1) is 0 Å². The molecule has 2 saturated heterocycles. The molecular weight excluding hydrogens is 332 g/mol. The van der Waals surface area contributed by atoms with E-state index in [9.17, 15) is 13.2 Å². The summed E-state index contributed by atoms with van der Waals surface area (Å²) in [6, 6.07) is 1.33. The van der Waals surface area contributed by atoms with Crippen LogP contribution in [0.25, 0.3) is 0 Å². The molecule has 132 valence electrons. The molecule has 1 aromatic heterocycles. The van der Waals surface area contributed by atoms with E-state index in [4.69, 9.17) is 4.74 Å². The van der Waals surface area contributed by atoms with Crippen molar-refractivity contribution in [3.63, 3.8) is 0 Å². The lowest BCUT2D eigenvalue weighted by Crippen LogP contribution is -2.43. The van der Waals surface area contributed by atoms with Gasteiger partial charge in [0.1, 0.15) is 18.2 Å². The standard InChI is InChI=1S/C15H22N4O4S/c1-10-8-12(19-14(20)23-9-15(19,2)3)17-13(16-10)11-6-5-7-18(11)24(4,21)22/h8,11H,5-7,9H2,1-4H3/t11-/m1/s1. The molecule has 0 unspecified atom stereocenters. The molecule has 0 saturated carbocycles. The lowest BCUT2D eigenvalue weighted by atomic mass is 10.1. The second-order valence-electron chi connectivity index (χ2n) is 6.96. The number of hydrogen-bond acceptors (Lipinski definition) is 6. The third-order valence-electron chi connectivity index (χ3n) is 4.35. The maximum absolute atomic E-state index is 12.1. The van der Waals surface area contributed by atoms with Gasteiger partial charge < -0.3 is 4.74 Å². The van der Waals surface area contributed by atoms with Gasteiger partial charge in [-0.05, 0) is 33.6 Å². The highest BCUT2D eigenvalue weighted by Gasteiger charge is 2.43. The molecular formula is C15H22N4O4S. The Balaban J connectivity index is 2.03. The van der Waals surface area contributed by atoms with Crippen molar-refractivity contribution in [3.05, 3.63) is 17.6 Å². The lowest BCUT2D eigenvalue weighted by Gasteiger charge is -2.28. The molecule has 0 N–H and O–H groups in total. The highest BCUT2D eigenvalue weighted by molar-refractivity contribution is 7.88. The van der Waals surface area contributed by atoms with Crippen LogP contribution in [-0.4, -0.2) is 53.7 Å². The predicted molar refractivity (Wildman–Crippen MR) is 88.2 cm³/mol. The number of rotatable bonds is 3. The first-order chi connectivity index (χ1) is 11.1. The summed E-state index contributed by atoms with van der Waals surface area (Å²) in [6.07, 6.45) is 2.18. The molecule has 2 aliphatic heterocycles. The Morgan fingerprint density at radius 1 is 1.33 bits per heavy atom. The summed E-state index contributed by atoms with van der Waals surface area (Å²) in [5, 5.41) is 0. The van der Waals surface area contributed by atoms with Crippen molar-refractivity contribution >= 4 is 21.9 Å². The number of carbonyl (C=O) groups is 1. The van der Waals surface area contributed by atoms with Gasteiger partial charge in [0, 0.05) is 18.3 Å². The molecule has 0 aliphatic carbocycles. The molecule has 8 nitrogen and oxygen atoms in total. The third kappa shape index (κ3) is 2.98. The second kappa shape index (κ2) is 5.66. The molecule has 9 heteroatoms. The fourth-order valence-electron chi connectivity index (χ4n) is 3.25. The first-order valence-corrected chi connectivity index (χ1v) is 9.74. The van der Waals surface area contributed by atoms with Crippen molar-refractivity contribution < 1.29 is 17.9 Å². The average molecular weight is 354 g/mol. The van der Waals surface area contributed by atoms with Crippen LogP contribution < -0.4 is 4.90 Å². The van der Waals surface area contributed by atoms with E-state index in [0.29, 0.717) is 30.3 Å². The van der Waals surface area contributed by atoms with Gasteiger partial charge in [-0.2, -0.15) is 4.31 Å². The fourth-order valence-corrected chi connectivity index (χ4v) is 4.37. The lowest BCUT2D eigenvalue weighted by molar-refractivity contribution is 0.175. The zero-order valence-electron chi connectivity index (χ0n) is 14.3. The van der Waals surface area contributed by atoms with Crippen LogP contribution in [0.2, 0.25) is 0 Å². The van der Waals surface area contributed by atoms with Crippen molar-refractivity contribution in [2.75, 3.05) is 24.3 Å². The van der Waals surface area contributed by atoms with E-state index in [1.54, 1.807) is 6.07 Å². The third-order valence-corrected chi connectivity index (χ3v) is 5.64. The Labute approximate surface area is 141 Å². The largest absolute Gasteiger partial charge is 0.447 e. The van der Waals surface area contributed by atoms with E-state index in [-0.39, 0.29) is 12.6 Å². The maximum Gasteiger partial charge on any atom is 0.416 e. The SMILES string of the molecule is Cc1cc(N2C(=O)OCC2(C)C)nc([C@H]2CCCN2S(C)(=O)=O)n1. The molecule has 1 aromatic rings. The van der Waals surface area contributed by atoms with Gasteiger partial charge in [0.25, 0.3) is 0 Å². The summed E-state index contributed by atoms with van der Waals surface area (Å²) < 4.78 is 30.5. The predicted octanol–water partition coefficient (Wildman–Crippen LogP) is 1.62. The van der Waals surface area contributed by atoms with E-state index in [1.807, 2.05) is 20.8 Å². The van der Waals surface area contributed by atoms with Crippen LogP contribution >= 0.6 is 0 Å². The summed E-state index contributed by atoms with van der Waals surface area (Å²) in [5.41, 5.74) is 0.173. The number of sulfonamides is 1. The van der Waals surface area contributed by atoms with Crippen LogP contribution in [0.4, 0.5) is 10.6 Å². The Morgan fingerprint density at radius 3 is 2.62 bits per heavy atom. The highest BCUT2D eigenvalue weighted by Crippen LogP contribution is 2.35. The zero-order chi connectivity index (χ0) is 17.7. The molecule has 1 atom stereocenters. The molecule has 2 aliphatic rings. The van der Waals surface area contributed by atoms with Crippen LogP contribution in [0.3, 0.4) is 0 Å². The number of cyclic esters (lactones) is 1. The number of aromatic nitrogens is 2. The van der Waals surface area contributed by atoms with Crippen molar-refractivity contribution in [3.8, 4) is 0 Å². The summed E-state index contributed by atoms with van der Waals surface area (Å²) in [4.78, 5) is 22.5. The van der Waals surface area contributed by atoms with E-state index in [0.717, 1.165) is 6.42 Å². The summed E-state index contributed by atoms with van der Waals surface area (Å²) in [7, 11) is -3.33. The van der Waals surface area contributed by atoms with Crippen LogP contribution in [0, 0.1) is 6.92 Å². The number of ether oxygens (including phenoxy) is 1. The number of aryl methyl sites for hydroxylation is 1. The van der Waals surface area contributed by atoms with Gasteiger partial charge in [0.05, 0.1) is 17.8 Å². The number of carbonyl (C=O) groups excluding carboxylic acids is 1. The minimum absolute atomic E-state index is 0.281. The number of nitrogens with zero attached hydrogens (tertiary/aromatic N) is 4. The first kappa shape index (κ1) is 17.1. The van der Waals surface area contributed by atoms with E-state index >= 15 is 0 Å². The minimum atomic E-state index is -3.33. The highest BCUT2D eigenvalue weighted by atomic mass is 32.2. The average Bonchev–Trinajstić information content (AvgIpc) is 3.02.